The number of carbonyl (C=O) groups is 1. The molecule has 3 aromatic rings. The van der Waals surface area contributed by atoms with Gasteiger partial charge in [-0.3, -0.25) is 14.6 Å². The summed E-state index contributed by atoms with van der Waals surface area (Å²) in [6.45, 7) is 1.93. The largest absolute Gasteiger partial charge is 0.349 e. The van der Waals surface area contributed by atoms with Crippen molar-refractivity contribution in [2.45, 2.75) is 42.4 Å². The number of aromatic nitrogens is 2. The van der Waals surface area contributed by atoms with E-state index in [9.17, 15) is 9.59 Å². The fourth-order valence-electron chi connectivity index (χ4n) is 3.91. The molecule has 0 bridgehead atoms. The second-order valence-corrected chi connectivity index (χ2v) is 8.86. The molecule has 5 rings (SSSR count). The number of fused-ring (bicyclic) bond motifs is 3. The van der Waals surface area contributed by atoms with E-state index in [1.54, 1.807) is 24.0 Å². The molecule has 29 heavy (non-hydrogen) atoms. The summed E-state index contributed by atoms with van der Waals surface area (Å²) in [5, 5.41) is 3.07. The summed E-state index contributed by atoms with van der Waals surface area (Å²) in [6, 6.07) is 13.9. The summed E-state index contributed by atoms with van der Waals surface area (Å²) in [5.41, 5.74) is 3.78. The van der Waals surface area contributed by atoms with Crippen LogP contribution < -0.4 is 10.7 Å². The van der Waals surface area contributed by atoms with Gasteiger partial charge in [0.15, 0.2) is 5.43 Å². The average molecular weight is 404 g/mol. The van der Waals surface area contributed by atoms with Crippen LogP contribution in [-0.2, 0) is 6.42 Å². The Morgan fingerprint density at radius 2 is 2.03 bits per heavy atom. The summed E-state index contributed by atoms with van der Waals surface area (Å²) in [4.78, 5) is 31.4. The van der Waals surface area contributed by atoms with Crippen LogP contribution in [0.3, 0.4) is 0 Å². The molecule has 1 aliphatic heterocycles. The van der Waals surface area contributed by atoms with Crippen LogP contribution in [0.15, 0.2) is 64.5 Å². The van der Waals surface area contributed by atoms with Crippen LogP contribution in [0.1, 0.15) is 45.4 Å². The Labute approximate surface area is 173 Å². The smallest absolute Gasteiger partial charge is 0.257 e. The molecule has 1 fully saturated rings. The predicted molar refractivity (Wildman–Crippen MR) is 114 cm³/mol. The fraction of sp³-hybridized carbons (Fsp3) is 0.261. The normalized spacial score (nSPS) is 17.8. The van der Waals surface area contributed by atoms with Crippen molar-refractivity contribution in [3.8, 4) is 5.69 Å². The average Bonchev–Trinajstić information content (AvgIpc) is 3.54. The van der Waals surface area contributed by atoms with Crippen LogP contribution in [0.2, 0.25) is 0 Å². The second-order valence-electron chi connectivity index (χ2n) is 7.62. The lowest BCUT2D eigenvalue weighted by molar-refractivity contribution is 0.0948. The molecule has 5 nitrogen and oxygen atoms in total. The number of benzene rings is 1. The van der Waals surface area contributed by atoms with E-state index in [4.69, 9.17) is 0 Å². The van der Waals surface area contributed by atoms with Gasteiger partial charge in [-0.05, 0) is 43.5 Å². The first-order valence-corrected chi connectivity index (χ1v) is 10.7. The van der Waals surface area contributed by atoms with Gasteiger partial charge in [-0.25, -0.2) is 0 Å². The van der Waals surface area contributed by atoms with Crippen molar-refractivity contribution in [1.82, 2.24) is 14.9 Å². The third-order valence-electron chi connectivity index (χ3n) is 5.45. The first kappa shape index (κ1) is 18.2. The molecule has 6 heteroatoms. The van der Waals surface area contributed by atoms with Gasteiger partial charge in [0.25, 0.3) is 5.91 Å². The van der Waals surface area contributed by atoms with Crippen LogP contribution in [0.25, 0.3) is 5.69 Å². The van der Waals surface area contributed by atoms with Gasteiger partial charge in [-0.1, -0.05) is 18.2 Å². The van der Waals surface area contributed by atoms with Gasteiger partial charge >= 0.3 is 0 Å². The molecular weight excluding hydrogens is 382 g/mol. The van der Waals surface area contributed by atoms with Gasteiger partial charge in [-0.15, -0.1) is 11.8 Å². The van der Waals surface area contributed by atoms with Gasteiger partial charge in [-0.2, -0.15) is 0 Å². The quantitative estimate of drug-likeness (QED) is 0.722. The third kappa shape index (κ3) is 3.38. The number of pyridine rings is 2. The highest BCUT2D eigenvalue weighted by Crippen LogP contribution is 2.44. The van der Waals surface area contributed by atoms with Crippen LogP contribution in [0.5, 0.6) is 0 Å². The maximum Gasteiger partial charge on any atom is 0.257 e. The van der Waals surface area contributed by atoms with E-state index >= 15 is 0 Å². The number of amides is 1. The predicted octanol–water partition coefficient (Wildman–Crippen LogP) is 3.82. The van der Waals surface area contributed by atoms with E-state index in [1.807, 2.05) is 31.3 Å². The monoisotopic (exact) mass is 403 g/mol. The lowest BCUT2D eigenvalue weighted by Crippen LogP contribution is -2.33. The number of thioether (sulfide) groups is 1. The van der Waals surface area contributed by atoms with Crippen LogP contribution in [0, 0.1) is 6.92 Å². The highest BCUT2D eigenvalue weighted by Gasteiger charge is 2.31. The summed E-state index contributed by atoms with van der Waals surface area (Å²) in [7, 11) is 0. The number of rotatable bonds is 3. The standard InChI is InChI=1S/C23H21N3O2S/c1-14-11-19(27)22(23(28)25-16-8-9-16)18-12-21(15-5-4-10-24-13-15)29-20-7-3-2-6-17(20)26(14)18/h2-7,10-11,13,16,21H,8-9,12H2,1H3,(H,25,28). The van der Waals surface area contributed by atoms with Gasteiger partial charge < -0.3 is 9.88 Å². The number of para-hydroxylation sites is 1. The molecule has 1 unspecified atom stereocenters. The number of carbonyl (C=O) groups excluding carboxylic acids is 1. The molecule has 0 spiro atoms. The number of hydrogen-bond acceptors (Lipinski definition) is 4. The first-order chi connectivity index (χ1) is 14.1. The molecule has 3 heterocycles. The van der Waals surface area contributed by atoms with Crippen molar-refractivity contribution >= 4 is 17.7 Å². The second kappa shape index (κ2) is 7.19. The number of aryl methyl sites for hydroxylation is 1. The first-order valence-electron chi connectivity index (χ1n) is 9.84. The van der Waals surface area contributed by atoms with Crippen LogP contribution >= 0.6 is 11.8 Å². The molecule has 0 radical (unpaired) electrons. The summed E-state index contributed by atoms with van der Waals surface area (Å²) >= 11 is 1.75. The lowest BCUT2D eigenvalue weighted by Gasteiger charge is -2.20. The molecule has 1 atom stereocenters. The Bertz CT molecular complexity index is 1150. The third-order valence-corrected chi connectivity index (χ3v) is 6.77. The van der Waals surface area contributed by atoms with Crippen molar-refractivity contribution < 1.29 is 4.79 Å². The zero-order valence-electron chi connectivity index (χ0n) is 16.1. The molecular formula is C23H21N3O2S. The van der Waals surface area contributed by atoms with Crippen LogP contribution in [0.4, 0.5) is 0 Å². The van der Waals surface area contributed by atoms with Gasteiger partial charge in [0.2, 0.25) is 0 Å². The van der Waals surface area contributed by atoms with Crippen molar-refractivity contribution in [2.24, 2.45) is 0 Å². The molecule has 146 valence electrons. The van der Waals surface area contributed by atoms with E-state index in [0.717, 1.165) is 40.4 Å². The molecule has 0 saturated heterocycles. The summed E-state index contributed by atoms with van der Waals surface area (Å²) < 4.78 is 2.09. The zero-order valence-corrected chi connectivity index (χ0v) is 16.9. The van der Waals surface area contributed by atoms with Gasteiger partial charge in [0, 0.05) is 52.5 Å². The molecule has 1 aliphatic carbocycles. The van der Waals surface area contributed by atoms with E-state index in [-0.39, 0.29) is 28.2 Å². The number of nitrogens with one attached hydrogen (secondary N) is 1. The summed E-state index contributed by atoms with van der Waals surface area (Å²) in [5.74, 6) is -0.254. The highest BCUT2D eigenvalue weighted by molar-refractivity contribution is 7.99. The molecule has 1 aromatic carbocycles. The molecule has 2 aromatic heterocycles. The number of nitrogens with zero attached hydrogens (tertiary/aromatic N) is 2. The minimum atomic E-state index is -0.254. The van der Waals surface area contributed by atoms with Crippen molar-refractivity contribution in [3.63, 3.8) is 0 Å². The Morgan fingerprint density at radius 3 is 2.79 bits per heavy atom. The zero-order chi connectivity index (χ0) is 20.0. The Kier molecular flexibility index (Phi) is 4.51. The van der Waals surface area contributed by atoms with Crippen LogP contribution in [-0.4, -0.2) is 21.5 Å². The van der Waals surface area contributed by atoms with Gasteiger partial charge in [0.05, 0.1) is 5.69 Å². The molecule has 2 aliphatic rings. The molecule has 1 amide bonds. The molecule has 1 N–H and O–H groups in total. The topological polar surface area (TPSA) is 64.0 Å². The Hall–Kier alpha value is -2.86. The minimum absolute atomic E-state index is 0.0623. The lowest BCUT2D eigenvalue weighted by atomic mass is 10.0. The van der Waals surface area contributed by atoms with E-state index in [0.29, 0.717) is 6.42 Å². The Balaban J connectivity index is 1.74. The fourth-order valence-corrected chi connectivity index (χ4v) is 5.18. The number of hydrogen-bond donors (Lipinski definition) is 1. The SMILES string of the molecule is Cc1cc(=O)c(C(=O)NC2CC2)c2n1-c1ccccc1SC(c1cccnc1)C2. The molecule has 1 saturated carbocycles. The minimum Gasteiger partial charge on any atom is -0.349 e. The summed E-state index contributed by atoms with van der Waals surface area (Å²) in [6.07, 6.45) is 6.18. The Morgan fingerprint density at radius 1 is 1.21 bits per heavy atom. The van der Waals surface area contributed by atoms with Crippen molar-refractivity contribution in [2.75, 3.05) is 0 Å². The van der Waals surface area contributed by atoms with Crippen molar-refractivity contribution in [3.05, 3.63) is 87.6 Å². The maximum atomic E-state index is 13.0. The van der Waals surface area contributed by atoms with Crippen molar-refractivity contribution in [1.29, 1.82) is 0 Å². The van der Waals surface area contributed by atoms with E-state index < -0.39 is 0 Å². The maximum absolute atomic E-state index is 13.0. The van der Waals surface area contributed by atoms with E-state index in [2.05, 4.69) is 33.1 Å². The van der Waals surface area contributed by atoms with Gasteiger partial charge in [0.1, 0.15) is 5.56 Å². The highest BCUT2D eigenvalue weighted by atomic mass is 32.2. The van der Waals surface area contributed by atoms with E-state index in [1.165, 1.54) is 0 Å².